The lowest BCUT2D eigenvalue weighted by molar-refractivity contribution is -0.136. The number of ether oxygens (including phenoxy) is 2. The normalized spacial score (nSPS) is 10.5. The molecule has 0 unspecified atom stereocenters. The summed E-state index contributed by atoms with van der Waals surface area (Å²) in [6.07, 6.45) is 0. The summed E-state index contributed by atoms with van der Waals surface area (Å²) in [5.41, 5.74) is 2.79. The van der Waals surface area contributed by atoms with Gasteiger partial charge >= 0.3 is 5.97 Å². The van der Waals surface area contributed by atoms with Crippen LogP contribution in [0.15, 0.2) is 48.5 Å². The Morgan fingerprint density at radius 1 is 1.11 bits per heavy atom. The third-order valence-corrected chi connectivity index (χ3v) is 5.72. The minimum absolute atomic E-state index is 0.207. The van der Waals surface area contributed by atoms with E-state index in [0.717, 1.165) is 5.56 Å². The van der Waals surface area contributed by atoms with Crippen molar-refractivity contribution in [1.82, 2.24) is 14.7 Å². The van der Waals surface area contributed by atoms with Crippen molar-refractivity contribution >= 4 is 35.1 Å². The third-order valence-electron chi connectivity index (χ3n) is 5.35. The number of nitrogens with zero attached hydrogens (tertiary/aromatic N) is 3. The van der Waals surface area contributed by atoms with E-state index in [1.165, 1.54) is 19.1 Å². The molecule has 2 aromatic carbocycles. The first-order valence-electron chi connectivity index (χ1n) is 10.8. The van der Waals surface area contributed by atoms with Gasteiger partial charge in [0.1, 0.15) is 11.3 Å². The summed E-state index contributed by atoms with van der Waals surface area (Å²) in [4.78, 5) is 38.6. The second kappa shape index (κ2) is 11.5. The van der Waals surface area contributed by atoms with E-state index in [9.17, 15) is 14.4 Å². The standard InChI is InChI=1S/C25H27ClN4O5/c1-16-24(17(2)30(28-16)13-18-8-5-6-11-21(18)26)25(33)35-15-23(32)29(3)14-22(31)27-19-9-7-10-20(12-19)34-4/h5-12H,13-15H2,1-4H3,(H,27,31). The van der Waals surface area contributed by atoms with Crippen molar-refractivity contribution in [1.29, 1.82) is 0 Å². The molecule has 2 amide bonds. The first-order valence-corrected chi connectivity index (χ1v) is 11.2. The van der Waals surface area contributed by atoms with E-state index >= 15 is 0 Å². The predicted molar refractivity (Wildman–Crippen MR) is 132 cm³/mol. The van der Waals surface area contributed by atoms with Crippen molar-refractivity contribution in [2.45, 2.75) is 20.4 Å². The van der Waals surface area contributed by atoms with E-state index < -0.39 is 24.4 Å². The van der Waals surface area contributed by atoms with Crippen LogP contribution in [-0.2, 0) is 20.9 Å². The molecule has 0 aliphatic carbocycles. The maximum Gasteiger partial charge on any atom is 0.342 e. The van der Waals surface area contributed by atoms with Gasteiger partial charge in [0.25, 0.3) is 5.91 Å². The lowest BCUT2D eigenvalue weighted by Crippen LogP contribution is -2.37. The molecule has 0 aliphatic rings. The summed E-state index contributed by atoms with van der Waals surface area (Å²) in [6.45, 7) is 3.13. The molecular weight excluding hydrogens is 472 g/mol. The van der Waals surface area contributed by atoms with E-state index in [-0.39, 0.29) is 6.54 Å². The minimum Gasteiger partial charge on any atom is -0.497 e. The maximum atomic E-state index is 12.7. The van der Waals surface area contributed by atoms with Gasteiger partial charge in [-0.1, -0.05) is 35.9 Å². The molecule has 3 aromatic rings. The number of rotatable bonds is 9. The number of esters is 1. The van der Waals surface area contributed by atoms with Crippen LogP contribution in [0.4, 0.5) is 5.69 Å². The molecule has 0 spiro atoms. The van der Waals surface area contributed by atoms with Gasteiger partial charge in [0.05, 0.1) is 31.6 Å². The lowest BCUT2D eigenvalue weighted by Gasteiger charge is -2.17. The molecule has 0 bridgehead atoms. The van der Waals surface area contributed by atoms with Gasteiger partial charge in [-0.3, -0.25) is 14.3 Å². The van der Waals surface area contributed by atoms with Gasteiger partial charge in [-0.05, 0) is 37.6 Å². The van der Waals surface area contributed by atoms with Crippen molar-refractivity contribution in [3.05, 3.63) is 76.1 Å². The Bertz CT molecular complexity index is 1240. The van der Waals surface area contributed by atoms with Gasteiger partial charge in [0, 0.05) is 23.8 Å². The van der Waals surface area contributed by atoms with Gasteiger partial charge in [0.15, 0.2) is 6.61 Å². The number of aromatic nitrogens is 2. The predicted octanol–water partition coefficient (Wildman–Crippen LogP) is 3.46. The van der Waals surface area contributed by atoms with Gasteiger partial charge in [-0.25, -0.2) is 4.79 Å². The average molecular weight is 499 g/mol. The Balaban J connectivity index is 1.55. The number of hydrogen-bond acceptors (Lipinski definition) is 6. The molecule has 1 aromatic heterocycles. The molecule has 0 saturated heterocycles. The smallest absolute Gasteiger partial charge is 0.342 e. The van der Waals surface area contributed by atoms with Crippen LogP contribution in [0.5, 0.6) is 5.75 Å². The fourth-order valence-corrected chi connectivity index (χ4v) is 3.64. The summed E-state index contributed by atoms with van der Waals surface area (Å²) < 4.78 is 12.0. The Hall–Kier alpha value is -3.85. The Morgan fingerprint density at radius 2 is 1.86 bits per heavy atom. The van der Waals surface area contributed by atoms with Crippen molar-refractivity contribution in [3.8, 4) is 5.75 Å². The molecule has 1 N–H and O–H groups in total. The summed E-state index contributed by atoms with van der Waals surface area (Å²) in [6, 6.07) is 14.3. The van der Waals surface area contributed by atoms with Crippen LogP contribution in [0.25, 0.3) is 0 Å². The topological polar surface area (TPSA) is 103 Å². The van der Waals surface area contributed by atoms with Crippen LogP contribution >= 0.6 is 11.6 Å². The Labute approximate surface area is 208 Å². The number of halogens is 1. The number of anilines is 1. The van der Waals surface area contributed by atoms with E-state index in [0.29, 0.717) is 40.0 Å². The van der Waals surface area contributed by atoms with E-state index in [1.54, 1.807) is 48.9 Å². The van der Waals surface area contributed by atoms with Gasteiger partial charge in [0.2, 0.25) is 5.91 Å². The third kappa shape index (κ3) is 6.60. The Morgan fingerprint density at radius 3 is 2.57 bits per heavy atom. The molecule has 1 heterocycles. The number of carbonyl (C=O) groups excluding carboxylic acids is 3. The van der Waals surface area contributed by atoms with Crippen molar-refractivity contribution in [2.24, 2.45) is 0 Å². The number of likely N-dealkylation sites (N-methyl/N-ethyl adjacent to an activating group) is 1. The molecule has 0 radical (unpaired) electrons. The fourth-order valence-electron chi connectivity index (χ4n) is 3.45. The molecule has 10 heteroatoms. The van der Waals surface area contributed by atoms with Gasteiger partial charge < -0.3 is 19.7 Å². The van der Waals surface area contributed by atoms with E-state index in [1.807, 2.05) is 18.2 Å². The van der Waals surface area contributed by atoms with Crippen molar-refractivity contribution in [3.63, 3.8) is 0 Å². The number of methoxy groups -OCH3 is 1. The van der Waals surface area contributed by atoms with Gasteiger partial charge in [-0.2, -0.15) is 5.10 Å². The highest BCUT2D eigenvalue weighted by molar-refractivity contribution is 6.31. The zero-order valence-electron chi connectivity index (χ0n) is 20.0. The average Bonchev–Trinajstić information content (AvgIpc) is 3.11. The van der Waals surface area contributed by atoms with Crippen LogP contribution < -0.4 is 10.1 Å². The number of benzene rings is 2. The number of amides is 2. The number of carbonyl (C=O) groups is 3. The van der Waals surface area contributed by atoms with Gasteiger partial charge in [-0.15, -0.1) is 0 Å². The van der Waals surface area contributed by atoms with Crippen LogP contribution in [0, 0.1) is 13.8 Å². The molecular formula is C25H27ClN4O5. The molecule has 9 nitrogen and oxygen atoms in total. The SMILES string of the molecule is COc1cccc(NC(=O)CN(C)C(=O)COC(=O)c2c(C)nn(Cc3ccccc3Cl)c2C)c1. The zero-order valence-corrected chi connectivity index (χ0v) is 20.8. The highest BCUT2D eigenvalue weighted by Crippen LogP contribution is 2.20. The molecule has 0 fully saturated rings. The quantitative estimate of drug-likeness (QED) is 0.453. The minimum atomic E-state index is -0.659. The van der Waals surface area contributed by atoms with Crippen molar-refractivity contribution < 1.29 is 23.9 Å². The molecule has 0 atom stereocenters. The van der Waals surface area contributed by atoms with Crippen LogP contribution in [-0.4, -0.2) is 59.8 Å². The lowest BCUT2D eigenvalue weighted by atomic mass is 10.2. The molecule has 35 heavy (non-hydrogen) atoms. The largest absolute Gasteiger partial charge is 0.497 e. The maximum absolute atomic E-state index is 12.7. The first kappa shape index (κ1) is 25.8. The van der Waals surface area contributed by atoms with E-state index in [2.05, 4.69) is 10.4 Å². The number of nitrogens with one attached hydrogen (secondary N) is 1. The second-order valence-corrected chi connectivity index (χ2v) is 8.31. The summed E-state index contributed by atoms with van der Waals surface area (Å²) in [5.74, 6) is -0.973. The second-order valence-electron chi connectivity index (χ2n) is 7.90. The monoisotopic (exact) mass is 498 g/mol. The number of hydrogen-bond donors (Lipinski definition) is 1. The summed E-state index contributed by atoms with van der Waals surface area (Å²) in [7, 11) is 2.99. The molecule has 0 saturated carbocycles. The van der Waals surface area contributed by atoms with Crippen LogP contribution in [0.2, 0.25) is 5.02 Å². The highest BCUT2D eigenvalue weighted by atomic mass is 35.5. The molecule has 3 rings (SSSR count). The molecule has 184 valence electrons. The zero-order chi connectivity index (χ0) is 25.5. The fraction of sp³-hybridized carbons (Fsp3) is 0.280. The first-order chi connectivity index (χ1) is 16.7. The summed E-state index contributed by atoms with van der Waals surface area (Å²) in [5, 5.41) is 7.72. The molecule has 0 aliphatic heterocycles. The highest BCUT2D eigenvalue weighted by Gasteiger charge is 2.22. The van der Waals surface area contributed by atoms with Crippen LogP contribution in [0.1, 0.15) is 27.3 Å². The van der Waals surface area contributed by atoms with E-state index in [4.69, 9.17) is 21.1 Å². The summed E-state index contributed by atoms with van der Waals surface area (Å²) >= 11 is 6.24. The number of aryl methyl sites for hydroxylation is 1. The Kier molecular flexibility index (Phi) is 8.48. The van der Waals surface area contributed by atoms with Crippen LogP contribution in [0.3, 0.4) is 0 Å². The van der Waals surface area contributed by atoms with Crippen molar-refractivity contribution in [2.75, 3.05) is 32.6 Å².